The number of hydrogen-bond donors (Lipinski definition) is 0. The Morgan fingerprint density at radius 2 is 1.89 bits per heavy atom. The van der Waals surface area contributed by atoms with Crippen molar-refractivity contribution in [3.63, 3.8) is 0 Å². The highest BCUT2D eigenvalue weighted by Gasteiger charge is 2.31. The van der Waals surface area contributed by atoms with Crippen molar-refractivity contribution in [3.8, 4) is 5.69 Å². The standard InChI is InChI=1S/C28H32ClN5O3/c1-5-18-9-8-10-19(6-2)25(18)34-27-21(13-22(29)24(30-27)20-15-37-16-20)26(31-28(34)36)33-12-11-32(14-17(33)4)23(35)7-3/h7-10,13,17,20H,3,5-6,11-12,14-16H2,1-2,4H3/t17-/m0/s1. The first-order chi connectivity index (χ1) is 17.9. The van der Waals surface area contributed by atoms with Crippen LogP contribution in [0.3, 0.4) is 0 Å². The van der Waals surface area contributed by atoms with E-state index < -0.39 is 0 Å². The van der Waals surface area contributed by atoms with Gasteiger partial charge in [0.15, 0.2) is 5.65 Å². The third-order valence-corrected chi connectivity index (χ3v) is 7.73. The second-order valence-electron chi connectivity index (χ2n) is 9.68. The van der Waals surface area contributed by atoms with Crippen LogP contribution in [0.15, 0.2) is 41.7 Å². The van der Waals surface area contributed by atoms with E-state index in [0.717, 1.165) is 40.7 Å². The number of nitrogens with zero attached hydrogens (tertiary/aromatic N) is 5. The van der Waals surface area contributed by atoms with Gasteiger partial charge >= 0.3 is 5.69 Å². The predicted molar refractivity (Wildman–Crippen MR) is 146 cm³/mol. The minimum absolute atomic E-state index is 0.0591. The number of carbonyl (C=O) groups excluding carboxylic acids is 1. The lowest BCUT2D eigenvalue weighted by molar-refractivity contribution is -0.126. The second kappa shape index (κ2) is 10.3. The first-order valence-corrected chi connectivity index (χ1v) is 13.3. The van der Waals surface area contributed by atoms with Crippen molar-refractivity contribution in [1.82, 2.24) is 19.4 Å². The summed E-state index contributed by atoms with van der Waals surface area (Å²) in [6.07, 6.45) is 2.88. The van der Waals surface area contributed by atoms with E-state index in [4.69, 9.17) is 21.3 Å². The van der Waals surface area contributed by atoms with E-state index in [1.54, 1.807) is 9.47 Å². The molecule has 9 heteroatoms. The average Bonchev–Trinajstić information content (AvgIpc) is 2.87. The third-order valence-electron chi connectivity index (χ3n) is 7.43. The summed E-state index contributed by atoms with van der Waals surface area (Å²) >= 11 is 6.78. The molecule has 0 spiro atoms. The fourth-order valence-electron chi connectivity index (χ4n) is 5.32. The predicted octanol–water partition coefficient (Wildman–Crippen LogP) is 3.90. The largest absolute Gasteiger partial charge is 0.380 e. The summed E-state index contributed by atoms with van der Waals surface area (Å²) in [5.41, 5.74) is 3.89. The Kier molecular flexibility index (Phi) is 7.05. The van der Waals surface area contributed by atoms with Gasteiger partial charge in [-0.05, 0) is 43.0 Å². The normalized spacial score (nSPS) is 18.2. The smallest absolute Gasteiger partial charge is 0.355 e. The van der Waals surface area contributed by atoms with Gasteiger partial charge in [0.1, 0.15) is 5.82 Å². The van der Waals surface area contributed by atoms with Gasteiger partial charge in [0.25, 0.3) is 0 Å². The molecule has 37 heavy (non-hydrogen) atoms. The molecule has 0 saturated carbocycles. The van der Waals surface area contributed by atoms with Crippen molar-refractivity contribution in [2.24, 2.45) is 0 Å². The van der Waals surface area contributed by atoms with E-state index in [1.807, 2.05) is 19.1 Å². The number of pyridine rings is 1. The molecule has 1 atom stereocenters. The number of benzene rings is 1. The van der Waals surface area contributed by atoms with E-state index in [9.17, 15) is 9.59 Å². The van der Waals surface area contributed by atoms with Crippen molar-refractivity contribution >= 4 is 34.4 Å². The summed E-state index contributed by atoms with van der Waals surface area (Å²) in [5, 5.41) is 1.26. The fourth-order valence-corrected chi connectivity index (χ4v) is 5.63. The highest BCUT2D eigenvalue weighted by atomic mass is 35.5. The number of piperazine rings is 1. The maximum absolute atomic E-state index is 13.9. The van der Waals surface area contributed by atoms with E-state index >= 15 is 0 Å². The number of halogens is 1. The lowest BCUT2D eigenvalue weighted by Gasteiger charge is -2.40. The monoisotopic (exact) mass is 521 g/mol. The molecule has 2 fully saturated rings. The maximum Gasteiger partial charge on any atom is 0.355 e. The van der Waals surface area contributed by atoms with E-state index in [0.29, 0.717) is 49.3 Å². The van der Waals surface area contributed by atoms with Crippen LogP contribution in [-0.4, -0.2) is 64.2 Å². The number of fused-ring (bicyclic) bond motifs is 1. The Morgan fingerprint density at radius 1 is 1.19 bits per heavy atom. The van der Waals surface area contributed by atoms with Gasteiger partial charge in [-0.15, -0.1) is 0 Å². The van der Waals surface area contributed by atoms with Crippen molar-refractivity contribution in [3.05, 3.63) is 69.2 Å². The van der Waals surface area contributed by atoms with Crippen molar-refractivity contribution in [2.45, 2.75) is 45.6 Å². The number of para-hydroxylation sites is 1. The number of anilines is 1. The molecule has 194 valence electrons. The molecule has 0 radical (unpaired) electrons. The molecule has 2 aromatic heterocycles. The molecule has 5 rings (SSSR count). The van der Waals surface area contributed by atoms with Crippen LogP contribution in [0.2, 0.25) is 5.02 Å². The Bertz CT molecular complexity index is 1410. The molecule has 2 aliphatic heterocycles. The zero-order chi connectivity index (χ0) is 26.3. The van der Waals surface area contributed by atoms with Crippen molar-refractivity contribution < 1.29 is 9.53 Å². The van der Waals surface area contributed by atoms with Gasteiger partial charge in [0.2, 0.25) is 5.91 Å². The van der Waals surface area contributed by atoms with Gasteiger partial charge in [-0.2, -0.15) is 4.98 Å². The Hall–Kier alpha value is -3.23. The molecule has 2 saturated heterocycles. The van der Waals surface area contributed by atoms with Crippen LogP contribution in [0, 0.1) is 0 Å². The van der Waals surface area contributed by atoms with Gasteiger partial charge in [-0.25, -0.2) is 14.3 Å². The van der Waals surface area contributed by atoms with Crippen LogP contribution in [-0.2, 0) is 22.4 Å². The third kappa shape index (κ3) is 4.42. The number of aromatic nitrogens is 3. The molecule has 0 aliphatic carbocycles. The summed E-state index contributed by atoms with van der Waals surface area (Å²) < 4.78 is 7.08. The molecule has 4 heterocycles. The molecular formula is C28H32ClN5O3. The highest BCUT2D eigenvalue weighted by molar-refractivity contribution is 6.32. The van der Waals surface area contributed by atoms with Crippen LogP contribution in [0.25, 0.3) is 16.7 Å². The summed E-state index contributed by atoms with van der Waals surface area (Å²) in [6, 6.07) is 7.97. The fraction of sp³-hybridized carbons (Fsp3) is 0.429. The van der Waals surface area contributed by atoms with Crippen LogP contribution < -0.4 is 10.6 Å². The summed E-state index contributed by atoms with van der Waals surface area (Å²) in [4.78, 5) is 39.6. The number of hydrogen-bond acceptors (Lipinski definition) is 6. The molecular weight excluding hydrogens is 490 g/mol. The zero-order valence-corrected chi connectivity index (χ0v) is 22.3. The Morgan fingerprint density at radius 3 is 2.46 bits per heavy atom. The van der Waals surface area contributed by atoms with E-state index in [-0.39, 0.29) is 23.6 Å². The second-order valence-corrected chi connectivity index (χ2v) is 10.1. The minimum Gasteiger partial charge on any atom is -0.380 e. The molecule has 2 aliphatic rings. The molecule has 3 aromatic rings. The molecule has 1 amide bonds. The molecule has 1 aromatic carbocycles. The van der Waals surface area contributed by atoms with Crippen LogP contribution in [0.5, 0.6) is 0 Å². The average molecular weight is 522 g/mol. The van der Waals surface area contributed by atoms with Gasteiger partial charge < -0.3 is 14.5 Å². The topological polar surface area (TPSA) is 80.6 Å². The lowest BCUT2D eigenvalue weighted by atomic mass is 10.0. The number of aryl methyl sites for hydroxylation is 2. The van der Waals surface area contributed by atoms with Crippen LogP contribution in [0.1, 0.15) is 43.5 Å². The van der Waals surface area contributed by atoms with Gasteiger partial charge in [-0.1, -0.05) is 50.2 Å². The minimum atomic E-state index is -0.375. The number of carbonyl (C=O) groups is 1. The molecule has 0 bridgehead atoms. The SMILES string of the molecule is C=CC(=O)N1CCN(c2nc(=O)n(-c3c(CC)cccc3CC)c3nc(C4COC4)c(Cl)cc23)[C@@H](C)C1. The number of amides is 1. The highest BCUT2D eigenvalue weighted by Crippen LogP contribution is 2.35. The van der Waals surface area contributed by atoms with Crippen molar-refractivity contribution in [1.29, 1.82) is 0 Å². The van der Waals surface area contributed by atoms with Crippen LogP contribution >= 0.6 is 11.6 Å². The Balaban J connectivity index is 1.75. The van der Waals surface area contributed by atoms with Gasteiger partial charge in [0.05, 0.1) is 35.0 Å². The van der Waals surface area contributed by atoms with Crippen molar-refractivity contribution in [2.75, 3.05) is 37.7 Å². The summed E-state index contributed by atoms with van der Waals surface area (Å²) in [7, 11) is 0. The molecule has 8 nitrogen and oxygen atoms in total. The summed E-state index contributed by atoms with van der Waals surface area (Å²) in [6.45, 7) is 12.5. The lowest BCUT2D eigenvalue weighted by Crippen LogP contribution is -2.54. The Labute approximate surface area is 221 Å². The van der Waals surface area contributed by atoms with Crippen LogP contribution in [0.4, 0.5) is 5.82 Å². The van der Waals surface area contributed by atoms with E-state index in [2.05, 4.69) is 42.4 Å². The summed E-state index contributed by atoms with van der Waals surface area (Å²) in [5.74, 6) is 0.545. The quantitative estimate of drug-likeness (QED) is 0.458. The maximum atomic E-state index is 13.9. The zero-order valence-electron chi connectivity index (χ0n) is 21.5. The number of rotatable bonds is 6. The first-order valence-electron chi connectivity index (χ1n) is 12.9. The van der Waals surface area contributed by atoms with Gasteiger partial charge in [0, 0.05) is 31.6 Å². The first kappa shape index (κ1) is 25.4. The molecule has 0 unspecified atom stereocenters. The molecule has 0 N–H and O–H groups in total. The van der Waals surface area contributed by atoms with E-state index in [1.165, 1.54) is 6.08 Å². The van der Waals surface area contributed by atoms with Gasteiger partial charge in [-0.3, -0.25) is 4.79 Å². The number of ether oxygens (including phenoxy) is 1.